The second-order valence-corrected chi connectivity index (χ2v) is 7.51. The third kappa shape index (κ3) is 3.61. The second kappa shape index (κ2) is 7.90. The first-order valence-electron chi connectivity index (χ1n) is 10.1. The molecule has 2 aromatic carbocycles. The Labute approximate surface area is 183 Å². The number of aryl methyl sites for hydroxylation is 2. The minimum absolute atomic E-state index is 0.327. The maximum Gasteiger partial charge on any atom is 0.284 e. The summed E-state index contributed by atoms with van der Waals surface area (Å²) >= 11 is 0. The first-order chi connectivity index (χ1) is 15.5. The van der Waals surface area contributed by atoms with Gasteiger partial charge < -0.3 is 14.8 Å². The van der Waals surface area contributed by atoms with E-state index in [-0.39, 0.29) is 5.82 Å². The van der Waals surface area contributed by atoms with Gasteiger partial charge in [0, 0.05) is 29.9 Å². The lowest BCUT2D eigenvalue weighted by Crippen LogP contribution is -2.11. The van der Waals surface area contributed by atoms with Crippen molar-refractivity contribution in [1.29, 1.82) is 0 Å². The van der Waals surface area contributed by atoms with Crippen LogP contribution in [0.2, 0.25) is 0 Å². The van der Waals surface area contributed by atoms with E-state index in [4.69, 9.17) is 4.42 Å². The molecule has 0 saturated carbocycles. The Kier molecular flexibility index (Phi) is 4.91. The number of halogens is 1. The molecule has 3 aromatic heterocycles. The van der Waals surface area contributed by atoms with E-state index in [1.54, 1.807) is 25.3 Å². The number of aliphatic hydroxyl groups is 1. The van der Waals surface area contributed by atoms with Gasteiger partial charge in [-0.2, -0.15) is 0 Å². The van der Waals surface area contributed by atoms with E-state index in [9.17, 15) is 9.50 Å². The standard InChI is InChI=1S/C24H20FN5O2/c1-14-5-6-16(12-20(14)23(31)27-18-9-7-17(25)8-10-18)19-4-3-11-30-21(19)13-26-22(30)24-29-28-15(2)32-24/h3-13,23,27,31H,1-2H3. The Morgan fingerprint density at radius 1 is 1.06 bits per heavy atom. The minimum Gasteiger partial charge on any atom is -0.419 e. The number of imidazole rings is 1. The van der Waals surface area contributed by atoms with Gasteiger partial charge in [-0.05, 0) is 54.4 Å². The molecule has 1 unspecified atom stereocenters. The van der Waals surface area contributed by atoms with Gasteiger partial charge in [-0.25, -0.2) is 9.37 Å². The molecule has 5 rings (SSSR count). The molecule has 7 nitrogen and oxygen atoms in total. The van der Waals surface area contributed by atoms with E-state index in [2.05, 4.69) is 20.5 Å². The van der Waals surface area contributed by atoms with Crippen molar-refractivity contribution in [3.05, 3.63) is 89.8 Å². The molecule has 0 bridgehead atoms. The molecule has 1 atom stereocenters. The van der Waals surface area contributed by atoms with Crippen molar-refractivity contribution in [2.75, 3.05) is 5.32 Å². The normalized spacial score (nSPS) is 12.2. The van der Waals surface area contributed by atoms with Crippen LogP contribution in [0.4, 0.5) is 10.1 Å². The van der Waals surface area contributed by atoms with Crippen LogP contribution in [0.3, 0.4) is 0 Å². The maximum atomic E-state index is 13.2. The molecule has 3 heterocycles. The van der Waals surface area contributed by atoms with E-state index in [0.29, 0.717) is 23.3 Å². The number of pyridine rings is 1. The highest BCUT2D eigenvalue weighted by Crippen LogP contribution is 2.31. The summed E-state index contributed by atoms with van der Waals surface area (Å²) in [6.45, 7) is 3.67. The molecule has 32 heavy (non-hydrogen) atoms. The molecule has 0 radical (unpaired) electrons. The lowest BCUT2D eigenvalue weighted by atomic mass is 9.98. The molecule has 0 aliphatic carbocycles. The average molecular weight is 429 g/mol. The summed E-state index contributed by atoms with van der Waals surface area (Å²) < 4.78 is 20.6. The SMILES string of the molecule is Cc1nnc(-c2ncc3c(-c4ccc(C)c(C(O)Nc5ccc(F)cc5)c4)cccn23)o1. The number of hydrogen-bond donors (Lipinski definition) is 2. The summed E-state index contributed by atoms with van der Waals surface area (Å²) in [5.41, 5.74) is 5.01. The third-order valence-electron chi connectivity index (χ3n) is 5.32. The van der Waals surface area contributed by atoms with Gasteiger partial charge in [0.05, 0.1) is 11.7 Å². The summed E-state index contributed by atoms with van der Waals surface area (Å²) in [6.07, 6.45) is 2.69. The number of fused-ring (bicyclic) bond motifs is 1. The molecular formula is C24H20FN5O2. The van der Waals surface area contributed by atoms with E-state index in [0.717, 1.165) is 27.8 Å². The Bertz CT molecular complexity index is 1410. The number of anilines is 1. The average Bonchev–Trinajstić information content (AvgIpc) is 3.41. The zero-order valence-electron chi connectivity index (χ0n) is 17.5. The Hall–Kier alpha value is -4.04. The smallest absolute Gasteiger partial charge is 0.284 e. The molecule has 2 N–H and O–H groups in total. The monoisotopic (exact) mass is 429 g/mol. The largest absolute Gasteiger partial charge is 0.419 e. The van der Waals surface area contributed by atoms with Gasteiger partial charge in [0.15, 0.2) is 6.23 Å². The highest BCUT2D eigenvalue weighted by molar-refractivity contribution is 5.81. The van der Waals surface area contributed by atoms with Crippen LogP contribution in [0.15, 0.2) is 71.4 Å². The van der Waals surface area contributed by atoms with E-state index in [1.165, 1.54) is 12.1 Å². The van der Waals surface area contributed by atoms with Crippen molar-refractivity contribution in [2.45, 2.75) is 20.1 Å². The lowest BCUT2D eigenvalue weighted by molar-refractivity contribution is 0.207. The van der Waals surface area contributed by atoms with Gasteiger partial charge >= 0.3 is 0 Å². The lowest BCUT2D eigenvalue weighted by Gasteiger charge is -2.18. The Morgan fingerprint density at radius 2 is 1.88 bits per heavy atom. The minimum atomic E-state index is -0.956. The maximum absolute atomic E-state index is 13.2. The predicted molar refractivity (Wildman–Crippen MR) is 118 cm³/mol. The molecule has 0 aliphatic rings. The highest BCUT2D eigenvalue weighted by atomic mass is 19.1. The third-order valence-corrected chi connectivity index (χ3v) is 5.32. The number of hydrogen-bond acceptors (Lipinski definition) is 6. The number of rotatable bonds is 5. The van der Waals surface area contributed by atoms with Crippen LogP contribution in [0, 0.1) is 19.7 Å². The first kappa shape index (κ1) is 19.9. The Balaban J connectivity index is 1.53. The summed E-state index contributed by atoms with van der Waals surface area (Å²) in [5.74, 6) is 1.06. The predicted octanol–water partition coefficient (Wildman–Crippen LogP) is 4.91. The fourth-order valence-electron chi connectivity index (χ4n) is 3.70. The van der Waals surface area contributed by atoms with E-state index < -0.39 is 6.23 Å². The van der Waals surface area contributed by atoms with Gasteiger partial charge in [-0.15, -0.1) is 10.2 Å². The molecule has 0 fully saturated rings. The van der Waals surface area contributed by atoms with Crippen molar-refractivity contribution >= 4 is 11.2 Å². The van der Waals surface area contributed by atoms with Crippen molar-refractivity contribution in [3.63, 3.8) is 0 Å². The van der Waals surface area contributed by atoms with Crippen molar-refractivity contribution < 1.29 is 13.9 Å². The molecule has 0 spiro atoms. The van der Waals surface area contributed by atoms with Crippen LogP contribution in [0.5, 0.6) is 0 Å². The number of benzene rings is 2. The topological polar surface area (TPSA) is 88.5 Å². The van der Waals surface area contributed by atoms with Gasteiger partial charge in [-0.1, -0.05) is 18.2 Å². The zero-order chi connectivity index (χ0) is 22.2. The molecule has 160 valence electrons. The van der Waals surface area contributed by atoms with Crippen LogP contribution in [-0.2, 0) is 0 Å². The summed E-state index contributed by atoms with van der Waals surface area (Å²) in [7, 11) is 0. The van der Waals surface area contributed by atoms with Gasteiger partial charge in [0.25, 0.3) is 5.89 Å². The van der Waals surface area contributed by atoms with Crippen molar-refractivity contribution in [2.24, 2.45) is 0 Å². The second-order valence-electron chi connectivity index (χ2n) is 7.51. The van der Waals surface area contributed by atoms with Crippen molar-refractivity contribution in [1.82, 2.24) is 19.6 Å². The first-order valence-corrected chi connectivity index (χ1v) is 10.1. The molecular weight excluding hydrogens is 409 g/mol. The molecule has 0 amide bonds. The quantitative estimate of drug-likeness (QED) is 0.386. The Morgan fingerprint density at radius 3 is 2.62 bits per heavy atom. The molecule has 8 heteroatoms. The van der Waals surface area contributed by atoms with Crippen LogP contribution in [0.25, 0.3) is 28.4 Å². The van der Waals surface area contributed by atoms with Crippen LogP contribution >= 0.6 is 0 Å². The molecule has 0 aliphatic heterocycles. The van der Waals surface area contributed by atoms with E-state index >= 15 is 0 Å². The van der Waals surface area contributed by atoms with E-state index in [1.807, 2.05) is 47.9 Å². The highest BCUT2D eigenvalue weighted by Gasteiger charge is 2.17. The van der Waals surface area contributed by atoms with Crippen LogP contribution < -0.4 is 5.32 Å². The zero-order valence-corrected chi connectivity index (χ0v) is 17.5. The fourth-order valence-corrected chi connectivity index (χ4v) is 3.70. The number of nitrogens with one attached hydrogen (secondary N) is 1. The van der Waals surface area contributed by atoms with Crippen molar-refractivity contribution in [3.8, 4) is 22.8 Å². The molecule has 5 aromatic rings. The van der Waals surface area contributed by atoms with Gasteiger partial charge in [0.2, 0.25) is 11.7 Å². The summed E-state index contributed by atoms with van der Waals surface area (Å²) in [6, 6.07) is 15.7. The number of aromatic nitrogens is 4. The summed E-state index contributed by atoms with van der Waals surface area (Å²) in [5, 5.41) is 21.8. The molecule has 0 saturated heterocycles. The van der Waals surface area contributed by atoms with Crippen LogP contribution in [0.1, 0.15) is 23.2 Å². The van der Waals surface area contributed by atoms with Gasteiger partial charge in [-0.3, -0.25) is 4.40 Å². The summed E-state index contributed by atoms with van der Waals surface area (Å²) in [4.78, 5) is 4.48. The fraction of sp³-hybridized carbons (Fsp3) is 0.125. The van der Waals surface area contributed by atoms with Gasteiger partial charge in [0.1, 0.15) is 5.82 Å². The van der Waals surface area contributed by atoms with Crippen LogP contribution in [-0.4, -0.2) is 24.7 Å². The number of aliphatic hydroxyl groups excluding tert-OH is 1. The number of nitrogens with zero attached hydrogens (tertiary/aromatic N) is 4.